The molecule has 12 rings (SSSR count). The van der Waals surface area contributed by atoms with Crippen LogP contribution in [0.25, 0.3) is 55.2 Å². The number of hydrogen-bond donors (Lipinski definition) is 6. The third-order valence-corrected chi connectivity index (χ3v) is 15.9. The van der Waals surface area contributed by atoms with E-state index in [4.69, 9.17) is 34.7 Å². The van der Waals surface area contributed by atoms with Crippen LogP contribution in [0.5, 0.6) is 0 Å². The third kappa shape index (κ3) is 14.0. The van der Waals surface area contributed by atoms with Gasteiger partial charge in [0.15, 0.2) is 22.9 Å². The lowest BCUT2D eigenvalue weighted by molar-refractivity contribution is -0.123. The molecule has 8 aromatic heterocycles. The van der Waals surface area contributed by atoms with Crippen molar-refractivity contribution in [2.24, 2.45) is 14.1 Å². The molecule has 0 aliphatic carbocycles. The number of nitrogens with one attached hydrogen (secondary N) is 4. The maximum atomic E-state index is 14.3. The standard InChI is InChI=1S/2C29H25ClF2N10O4S/c2*1-40-25-21(6-5-19(30)24(25)27(38-40)39-47(2,45)46)42-28(36-26-18(29(42)44)4-3-8-34-26)20(12-15-10-16(31)13-17(32)11-15)35-23(43)14-41-9-7-22(33)37-41/h2*3-11,13,20H,12,14H2,1-2H3,(H2,33,37)(H,35,43)(H,38,39)/t2*20-/m00/s1. The number of rotatable bonds is 18. The van der Waals surface area contributed by atoms with Crippen molar-refractivity contribution in [2.45, 2.75) is 38.0 Å². The minimum Gasteiger partial charge on any atom is -0.382 e. The van der Waals surface area contributed by atoms with Gasteiger partial charge in [-0.3, -0.25) is 56.5 Å². The van der Waals surface area contributed by atoms with Crippen LogP contribution in [-0.4, -0.2) is 109 Å². The highest BCUT2D eigenvalue weighted by Crippen LogP contribution is 2.38. The van der Waals surface area contributed by atoms with Crippen LogP contribution >= 0.6 is 23.2 Å². The highest BCUT2D eigenvalue weighted by molar-refractivity contribution is 7.92. The summed E-state index contributed by atoms with van der Waals surface area (Å²) in [5.41, 5.74) is 11.4. The third-order valence-electron chi connectivity index (χ3n) is 14.2. The molecule has 0 saturated heterocycles. The highest BCUT2D eigenvalue weighted by atomic mass is 35.5. The fraction of sp³-hybridized carbons (Fsp3) is 0.172. The maximum Gasteiger partial charge on any atom is 0.267 e. The molecule has 0 saturated carbocycles. The number of benzene rings is 4. The molecule has 0 bridgehead atoms. The molecule has 4 aromatic carbocycles. The molecule has 2 amide bonds. The zero-order valence-corrected chi connectivity index (χ0v) is 52.4. The molecule has 0 unspecified atom stereocenters. The number of sulfonamides is 2. The summed E-state index contributed by atoms with van der Waals surface area (Å²) < 4.78 is 118. The number of fused-ring (bicyclic) bond motifs is 4. The minimum atomic E-state index is -3.78. The van der Waals surface area contributed by atoms with E-state index in [0.717, 1.165) is 36.8 Å². The Kier molecular flexibility index (Phi) is 17.7. The zero-order chi connectivity index (χ0) is 67.2. The fourth-order valence-corrected chi connectivity index (χ4v) is 12.1. The SMILES string of the molecule is Cn1nc(NS(C)(=O)=O)c2c(Cl)ccc(-n3c([C@H](Cc4cc(F)cc(F)c4)NC(=O)Cn4ccc(N)n4)nc4ncccc4c3=O)c21.Cn1nc(NS(C)(=O)=O)c2c(Cl)ccc(-n3c([C@H](Cc4cc(F)cc(F)c4)NC(=O)Cn4ccc(N)n4)nc4ncccc4c3=O)c21. The predicted molar refractivity (Wildman–Crippen MR) is 341 cm³/mol. The van der Waals surface area contributed by atoms with Gasteiger partial charge in [-0.2, -0.15) is 20.4 Å². The summed E-state index contributed by atoms with van der Waals surface area (Å²) in [5, 5.41) is 23.1. The number of carbonyl (C=O) groups excluding carboxylic acids is 2. The summed E-state index contributed by atoms with van der Waals surface area (Å²) in [7, 11) is -4.51. The van der Waals surface area contributed by atoms with Crippen LogP contribution in [0.4, 0.5) is 40.8 Å². The summed E-state index contributed by atoms with van der Waals surface area (Å²) >= 11 is 13.1. The lowest BCUT2D eigenvalue weighted by Gasteiger charge is -2.23. The molecule has 36 heteroatoms. The maximum absolute atomic E-state index is 14.3. The average Bonchev–Trinajstić information content (AvgIpc) is 1.35. The van der Waals surface area contributed by atoms with Crippen molar-refractivity contribution in [3.8, 4) is 11.4 Å². The number of nitrogen functional groups attached to an aromatic ring is 2. The van der Waals surface area contributed by atoms with Crippen LogP contribution in [0.2, 0.25) is 10.0 Å². The van der Waals surface area contributed by atoms with Gasteiger partial charge in [-0.15, -0.1) is 0 Å². The number of hydrogen-bond acceptors (Lipinski definition) is 18. The van der Waals surface area contributed by atoms with E-state index in [1.165, 1.54) is 115 Å². The Balaban J connectivity index is 0.000000192. The molecule has 2 atom stereocenters. The van der Waals surface area contributed by atoms with Gasteiger partial charge in [0.25, 0.3) is 11.1 Å². The quantitative estimate of drug-likeness (QED) is 0.0561. The Labute approximate surface area is 537 Å². The van der Waals surface area contributed by atoms with E-state index < -0.39 is 78.3 Å². The van der Waals surface area contributed by atoms with Crippen molar-refractivity contribution in [1.29, 1.82) is 0 Å². The number of nitrogens with zero attached hydrogens (tertiary/aromatic N) is 14. The van der Waals surface area contributed by atoms with Gasteiger partial charge in [0.05, 0.1) is 78.6 Å². The zero-order valence-electron chi connectivity index (χ0n) is 49.3. The van der Waals surface area contributed by atoms with Gasteiger partial charge in [-0.05, 0) is 96.1 Å². The van der Waals surface area contributed by atoms with Gasteiger partial charge >= 0.3 is 0 Å². The van der Waals surface area contributed by atoms with Crippen LogP contribution in [0.3, 0.4) is 0 Å². The number of nitrogens with two attached hydrogens (primary N) is 2. The molecular weight excluding hydrogens is 1320 g/mol. The summed E-state index contributed by atoms with van der Waals surface area (Å²) in [5.74, 6) is -4.45. The van der Waals surface area contributed by atoms with Gasteiger partial charge in [0.2, 0.25) is 31.9 Å². The van der Waals surface area contributed by atoms with E-state index in [0.29, 0.717) is 12.1 Å². The summed E-state index contributed by atoms with van der Waals surface area (Å²) in [6.07, 6.45) is 7.34. The summed E-state index contributed by atoms with van der Waals surface area (Å²) in [6, 6.07) is 18.5. The molecule has 8 N–H and O–H groups in total. The van der Waals surface area contributed by atoms with Gasteiger partial charge < -0.3 is 22.1 Å². The Morgan fingerprint density at radius 1 is 0.553 bits per heavy atom. The lowest BCUT2D eigenvalue weighted by atomic mass is 10.0. The molecule has 8 heterocycles. The Morgan fingerprint density at radius 3 is 1.27 bits per heavy atom. The van der Waals surface area contributed by atoms with Crippen molar-refractivity contribution in [1.82, 2.24) is 78.8 Å². The molecule has 12 aromatic rings. The topological polar surface area (TPSA) is 369 Å². The van der Waals surface area contributed by atoms with Crippen LogP contribution < -0.4 is 42.7 Å². The Bertz CT molecular complexity index is 5040. The highest BCUT2D eigenvalue weighted by Gasteiger charge is 2.31. The van der Waals surface area contributed by atoms with Crippen molar-refractivity contribution in [3.63, 3.8) is 0 Å². The monoisotopic (exact) mass is 1360 g/mol. The van der Waals surface area contributed by atoms with Crippen LogP contribution in [0, 0.1) is 23.3 Å². The largest absolute Gasteiger partial charge is 0.382 e. The first-order valence-electron chi connectivity index (χ1n) is 27.6. The van der Waals surface area contributed by atoms with Crippen molar-refractivity contribution < 1.29 is 44.0 Å². The number of aromatic nitrogens is 14. The smallest absolute Gasteiger partial charge is 0.267 e. The Morgan fingerprint density at radius 2 is 0.926 bits per heavy atom. The van der Waals surface area contributed by atoms with Crippen molar-refractivity contribution in [2.75, 3.05) is 33.4 Å². The van der Waals surface area contributed by atoms with E-state index in [1.807, 2.05) is 0 Å². The van der Waals surface area contributed by atoms with Gasteiger partial charge in [0, 0.05) is 63.9 Å². The second kappa shape index (κ2) is 25.7. The van der Waals surface area contributed by atoms with Crippen molar-refractivity contribution >= 4 is 122 Å². The van der Waals surface area contributed by atoms with E-state index in [2.05, 4.69) is 60.4 Å². The first-order chi connectivity index (χ1) is 44.5. The number of halogens is 6. The molecule has 28 nitrogen and oxygen atoms in total. The minimum absolute atomic E-state index is 0.0444. The van der Waals surface area contributed by atoms with Crippen LogP contribution in [-0.2, 0) is 69.7 Å². The lowest BCUT2D eigenvalue weighted by Crippen LogP contribution is -2.37. The predicted octanol–water partition coefficient (Wildman–Crippen LogP) is 5.70. The Hall–Kier alpha value is -10.8. The van der Waals surface area contributed by atoms with Crippen LogP contribution in [0.1, 0.15) is 34.9 Å². The van der Waals surface area contributed by atoms with Gasteiger partial charge in [-0.25, -0.2) is 54.3 Å². The van der Waals surface area contributed by atoms with E-state index in [-0.39, 0.29) is 137 Å². The van der Waals surface area contributed by atoms with Crippen molar-refractivity contribution in [3.05, 3.63) is 199 Å². The average molecular weight is 1370 g/mol. The first-order valence-corrected chi connectivity index (χ1v) is 32.2. The number of carbonyl (C=O) groups is 2. The molecule has 0 fully saturated rings. The number of anilines is 4. The first kappa shape index (κ1) is 64.7. The molecule has 484 valence electrons. The van der Waals surface area contributed by atoms with Gasteiger partial charge in [-0.1, -0.05) is 23.2 Å². The normalized spacial score (nSPS) is 12.4. The van der Waals surface area contributed by atoms with E-state index >= 15 is 0 Å². The number of amides is 2. The number of aryl methyl sites for hydroxylation is 2. The van der Waals surface area contributed by atoms with Crippen LogP contribution in [0.15, 0.2) is 131 Å². The molecule has 94 heavy (non-hydrogen) atoms. The van der Waals surface area contributed by atoms with E-state index in [9.17, 15) is 53.6 Å². The second-order valence-electron chi connectivity index (χ2n) is 21.3. The second-order valence-corrected chi connectivity index (χ2v) is 25.6. The molecule has 0 spiro atoms. The van der Waals surface area contributed by atoms with Gasteiger partial charge in [0.1, 0.15) is 59.6 Å². The van der Waals surface area contributed by atoms with E-state index in [1.54, 1.807) is 12.1 Å². The molecule has 0 aliphatic heterocycles. The molecular formula is C58H50Cl2F4N20O8S2. The number of pyridine rings is 2. The summed E-state index contributed by atoms with van der Waals surface area (Å²) in [6.45, 7) is -0.566. The molecule has 0 radical (unpaired) electrons. The fourth-order valence-electron chi connectivity index (χ4n) is 10.6. The molecule has 0 aliphatic rings. The summed E-state index contributed by atoms with van der Waals surface area (Å²) in [4.78, 5) is 73.2.